The van der Waals surface area contributed by atoms with Crippen molar-refractivity contribution in [2.75, 3.05) is 24.6 Å². The summed E-state index contributed by atoms with van der Waals surface area (Å²) >= 11 is 0. The van der Waals surface area contributed by atoms with Crippen LogP contribution in [-0.4, -0.2) is 62.7 Å². The van der Waals surface area contributed by atoms with E-state index in [-0.39, 0.29) is 17.5 Å². The Morgan fingerprint density at radius 2 is 1.83 bits per heavy atom. The quantitative estimate of drug-likeness (QED) is 0.223. The van der Waals surface area contributed by atoms with Crippen molar-refractivity contribution in [2.45, 2.75) is 91.1 Å². The molecule has 1 N–H and O–H groups in total. The maximum atomic E-state index is 14.8. The summed E-state index contributed by atoms with van der Waals surface area (Å²) in [7, 11) is 0. The summed E-state index contributed by atoms with van der Waals surface area (Å²) in [5, 5.41) is 15.5. The summed E-state index contributed by atoms with van der Waals surface area (Å²) in [6, 6.07) is 13.1. The first-order chi connectivity index (χ1) is 22.7. The number of benzene rings is 2. The largest absolute Gasteiger partial charge is 0.490 e. The number of aromatic nitrogens is 3. The van der Waals surface area contributed by atoms with Crippen LogP contribution in [0.2, 0.25) is 0 Å². The van der Waals surface area contributed by atoms with Gasteiger partial charge in [0.25, 0.3) is 0 Å². The van der Waals surface area contributed by atoms with Gasteiger partial charge in [-0.3, -0.25) is 0 Å². The third kappa shape index (κ3) is 6.96. The van der Waals surface area contributed by atoms with Gasteiger partial charge in [-0.25, -0.2) is 14.2 Å². The molecule has 3 aliphatic rings. The van der Waals surface area contributed by atoms with Crippen molar-refractivity contribution in [3.8, 4) is 28.1 Å². The number of fused-ring (bicyclic) bond motifs is 7. The second-order valence-corrected chi connectivity index (χ2v) is 14.2. The molecule has 0 aliphatic carbocycles. The number of piperidine rings is 1. The summed E-state index contributed by atoms with van der Waals surface area (Å²) in [6.45, 7) is 14.9. The lowest BCUT2D eigenvalue weighted by Gasteiger charge is -2.41. The minimum atomic E-state index is -1.25. The Labute approximate surface area is 281 Å². The highest BCUT2D eigenvalue weighted by atomic mass is 19.1. The second kappa shape index (κ2) is 13.0. The zero-order valence-electron chi connectivity index (χ0n) is 28.8. The highest BCUT2D eigenvalue weighted by Crippen LogP contribution is 2.40. The van der Waals surface area contributed by atoms with Gasteiger partial charge in [0.15, 0.2) is 11.8 Å². The Hall–Kier alpha value is -4.28. The maximum absolute atomic E-state index is 14.8. The van der Waals surface area contributed by atoms with Crippen LogP contribution in [0.15, 0.2) is 54.6 Å². The maximum Gasteiger partial charge on any atom is 0.337 e. The highest BCUT2D eigenvalue weighted by Gasteiger charge is 2.37. The van der Waals surface area contributed by atoms with Gasteiger partial charge in [0.1, 0.15) is 17.4 Å². The molecule has 2 aromatic carbocycles. The number of nitrogens with zero attached hydrogens (tertiary/aromatic N) is 4. The Bertz CT molecular complexity index is 1870. The third-order valence-corrected chi connectivity index (χ3v) is 9.10. The number of aryl methyl sites for hydroxylation is 2. The molecule has 2 aromatic heterocycles. The lowest BCUT2D eigenvalue weighted by atomic mass is 9.92. The van der Waals surface area contributed by atoms with Gasteiger partial charge in [-0.1, -0.05) is 30.4 Å². The van der Waals surface area contributed by atoms with Gasteiger partial charge in [-0.05, 0) is 84.6 Å². The molecule has 0 amide bonds. The van der Waals surface area contributed by atoms with Crippen LogP contribution in [0, 0.1) is 19.7 Å². The van der Waals surface area contributed by atoms with Gasteiger partial charge in [0.2, 0.25) is 0 Å². The number of aliphatic carboxylic acids is 1. The molecule has 1 saturated heterocycles. The summed E-state index contributed by atoms with van der Waals surface area (Å²) in [5.41, 5.74) is 4.25. The minimum Gasteiger partial charge on any atom is -0.490 e. The van der Waals surface area contributed by atoms with Crippen molar-refractivity contribution in [1.29, 1.82) is 0 Å². The Morgan fingerprint density at radius 3 is 2.54 bits per heavy atom. The molecular formula is C38H45FN4O5. The molecule has 48 heavy (non-hydrogen) atoms. The van der Waals surface area contributed by atoms with Gasteiger partial charge >= 0.3 is 5.97 Å². The molecule has 6 bridgehead atoms. The van der Waals surface area contributed by atoms with Crippen LogP contribution >= 0.6 is 0 Å². The number of carboxylic acids is 1. The SMILES string of the molecule is Cc1cc2c(cc1F)O[C@H](C)C/C=C/COC1(C)CCN(CC1)c1c([C@H](OC(C)(C)C)C(=O)O)c(C)nc3cc(nn13)-c1cccc-2c1. The van der Waals surface area contributed by atoms with Crippen LogP contribution in [0.1, 0.15) is 76.8 Å². The van der Waals surface area contributed by atoms with Crippen LogP contribution < -0.4 is 9.64 Å². The van der Waals surface area contributed by atoms with Gasteiger partial charge < -0.3 is 24.2 Å². The van der Waals surface area contributed by atoms with Crippen LogP contribution in [0.4, 0.5) is 10.2 Å². The number of ether oxygens (including phenoxy) is 3. The van der Waals surface area contributed by atoms with Gasteiger partial charge in [-0.2, -0.15) is 9.61 Å². The molecule has 254 valence electrons. The van der Waals surface area contributed by atoms with E-state index < -0.39 is 17.7 Å². The molecule has 9 nitrogen and oxygen atoms in total. The fourth-order valence-electron chi connectivity index (χ4n) is 6.49. The number of carboxylic acid groups (broad SMARTS) is 1. The third-order valence-electron chi connectivity index (χ3n) is 9.10. The van der Waals surface area contributed by atoms with Crippen molar-refractivity contribution >= 4 is 17.4 Å². The lowest BCUT2D eigenvalue weighted by molar-refractivity contribution is -0.160. The molecule has 5 heterocycles. The first-order valence-corrected chi connectivity index (χ1v) is 16.6. The van der Waals surface area contributed by atoms with E-state index in [0.717, 1.165) is 29.5 Å². The van der Waals surface area contributed by atoms with E-state index in [2.05, 4.69) is 11.8 Å². The van der Waals surface area contributed by atoms with Crippen LogP contribution in [0.25, 0.3) is 28.0 Å². The normalized spacial score (nSPS) is 21.5. The van der Waals surface area contributed by atoms with Gasteiger partial charge in [0, 0.05) is 48.5 Å². The zero-order valence-corrected chi connectivity index (χ0v) is 28.8. The zero-order chi connectivity index (χ0) is 34.4. The number of halogens is 1. The smallest absolute Gasteiger partial charge is 0.337 e. The topological polar surface area (TPSA) is 98.4 Å². The average Bonchev–Trinajstić information content (AvgIpc) is 3.44. The highest BCUT2D eigenvalue weighted by molar-refractivity contribution is 5.80. The summed E-state index contributed by atoms with van der Waals surface area (Å²) in [5.74, 6) is -0.283. The van der Waals surface area contributed by atoms with Crippen LogP contribution in [0.5, 0.6) is 5.75 Å². The molecule has 7 rings (SSSR count). The molecule has 10 heteroatoms. The van der Waals surface area contributed by atoms with Crippen LogP contribution in [0.3, 0.4) is 0 Å². The molecule has 0 radical (unpaired) electrons. The number of hydrogen-bond acceptors (Lipinski definition) is 7. The number of anilines is 1. The van der Waals surface area contributed by atoms with E-state index in [1.54, 1.807) is 11.4 Å². The standard InChI is InChI=1S/C38H45FN4O5/c1-23-19-28-26-12-10-13-27(20-26)30-22-32-40-25(3)33(34(36(44)45)48-37(4,5)6)35(43(32)41-30)42-16-14-38(7,15-17-42)46-18-9-8-11-24(2)47-31(28)21-29(23)39/h8-10,12-13,19-22,24,34H,11,14-18H2,1-7H3,(H,44,45)/b9-8+/t24-,34+/m1/s1. The molecule has 3 aliphatic heterocycles. The van der Waals surface area contributed by atoms with E-state index in [4.69, 9.17) is 24.3 Å². The minimum absolute atomic E-state index is 0.188. The van der Waals surface area contributed by atoms with Crippen molar-refractivity contribution in [1.82, 2.24) is 14.6 Å². The van der Waals surface area contributed by atoms with Gasteiger partial charge in [0.05, 0.1) is 35.2 Å². The Kier molecular flexibility index (Phi) is 9.08. The fourth-order valence-corrected chi connectivity index (χ4v) is 6.49. The summed E-state index contributed by atoms with van der Waals surface area (Å²) < 4.78 is 35.5. The first-order valence-electron chi connectivity index (χ1n) is 16.6. The van der Waals surface area contributed by atoms with Crippen molar-refractivity contribution < 1.29 is 28.5 Å². The van der Waals surface area contributed by atoms with Crippen LogP contribution in [-0.2, 0) is 14.3 Å². The van der Waals surface area contributed by atoms with E-state index in [1.165, 1.54) is 6.07 Å². The fraction of sp³-hybridized carbons (Fsp3) is 0.447. The average molecular weight is 657 g/mol. The summed E-state index contributed by atoms with van der Waals surface area (Å²) in [4.78, 5) is 19.9. The lowest BCUT2D eigenvalue weighted by Crippen LogP contribution is -2.45. The molecule has 0 saturated carbocycles. The first kappa shape index (κ1) is 33.6. The molecule has 4 aromatic rings. The molecular weight excluding hydrogens is 611 g/mol. The van der Waals surface area contributed by atoms with E-state index in [1.807, 2.05) is 83.2 Å². The number of carbonyl (C=O) groups is 1. The molecule has 0 unspecified atom stereocenters. The van der Waals surface area contributed by atoms with Crippen molar-refractivity contribution in [2.24, 2.45) is 0 Å². The Balaban J connectivity index is 1.55. The van der Waals surface area contributed by atoms with E-state index in [9.17, 15) is 14.3 Å². The predicted molar refractivity (Wildman–Crippen MR) is 184 cm³/mol. The number of rotatable bonds is 3. The predicted octanol–water partition coefficient (Wildman–Crippen LogP) is 7.86. The van der Waals surface area contributed by atoms with Gasteiger partial charge in [-0.15, -0.1) is 0 Å². The monoisotopic (exact) mass is 656 g/mol. The van der Waals surface area contributed by atoms with Crippen molar-refractivity contribution in [3.63, 3.8) is 0 Å². The molecule has 1 fully saturated rings. The second-order valence-electron chi connectivity index (χ2n) is 14.2. The van der Waals surface area contributed by atoms with E-state index in [0.29, 0.717) is 65.8 Å². The van der Waals surface area contributed by atoms with Crippen molar-refractivity contribution in [3.05, 3.63) is 77.3 Å². The summed E-state index contributed by atoms with van der Waals surface area (Å²) in [6.07, 6.45) is 4.72. The molecule has 2 atom stereocenters. The number of hydrogen-bond donors (Lipinski definition) is 1. The Morgan fingerprint density at radius 1 is 1.10 bits per heavy atom. The van der Waals surface area contributed by atoms with E-state index >= 15 is 0 Å². The molecule has 0 spiro atoms.